The summed E-state index contributed by atoms with van der Waals surface area (Å²) in [5.74, 6) is -0.822. The van der Waals surface area contributed by atoms with Crippen LogP contribution in [0.3, 0.4) is 0 Å². The summed E-state index contributed by atoms with van der Waals surface area (Å²) >= 11 is 0. The molecule has 0 aliphatic heterocycles. The third kappa shape index (κ3) is 2.51. The van der Waals surface area contributed by atoms with Crippen molar-refractivity contribution in [2.24, 2.45) is 0 Å². The molecule has 0 heterocycles. The van der Waals surface area contributed by atoms with Gasteiger partial charge < -0.3 is 4.74 Å². The number of esters is 1. The van der Waals surface area contributed by atoms with Crippen molar-refractivity contribution in [2.45, 2.75) is 13.3 Å². The molecule has 0 aliphatic carbocycles. The monoisotopic (exact) mass is 253 g/mol. The lowest BCUT2D eigenvalue weighted by Gasteiger charge is -2.09. The second-order valence-electron chi connectivity index (χ2n) is 3.24. The van der Waals surface area contributed by atoms with Gasteiger partial charge in [-0.1, -0.05) is 6.07 Å². The summed E-state index contributed by atoms with van der Waals surface area (Å²) in [4.78, 5) is 22.4. The van der Waals surface area contributed by atoms with Crippen molar-refractivity contribution in [2.75, 3.05) is 6.61 Å². The maximum Gasteiger partial charge on any atom is 0.338 e. The fourth-order valence-electron chi connectivity index (χ4n) is 1.45. The Hall–Kier alpha value is -2.29. The Morgan fingerprint density at radius 1 is 1.56 bits per heavy atom. The molecule has 0 atom stereocenters. The Morgan fingerprint density at radius 3 is 2.67 bits per heavy atom. The Labute approximate surface area is 102 Å². The zero-order valence-electron chi connectivity index (χ0n) is 9.44. The van der Waals surface area contributed by atoms with Crippen LogP contribution in [-0.2, 0) is 4.74 Å². The molecule has 0 spiro atoms. The number of nitriles is 1. The smallest absolute Gasteiger partial charge is 0.338 e. The van der Waals surface area contributed by atoms with Crippen molar-refractivity contribution in [1.29, 1.82) is 5.26 Å². The SMILES string of the molecule is CCOC(=O)c1ccc(C(F)F)c(C#N)c1C=O. The van der Waals surface area contributed by atoms with Gasteiger partial charge in [0, 0.05) is 11.1 Å². The highest BCUT2D eigenvalue weighted by Crippen LogP contribution is 2.26. The highest BCUT2D eigenvalue weighted by Gasteiger charge is 2.22. The zero-order chi connectivity index (χ0) is 13.7. The van der Waals surface area contributed by atoms with Crippen LogP contribution in [0.2, 0.25) is 0 Å². The molecule has 4 nitrogen and oxygen atoms in total. The Morgan fingerprint density at radius 2 is 2.22 bits per heavy atom. The molecule has 1 rings (SSSR count). The fourth-order valence-corrected chi connectivity index (χ4v) is 1.45. The lowest BCUT2D eigenvalue weighted by Crippen LogP contribution is -2.10. The Kier molecular flexibility index (Phi) is 4.49. The highest BCUT2D eigenvalue weighted by molar-refractivity contribution is 6.00. The van der Waals surface area contributed by atoms with Crippen molar-refractivity contribution in [3.8, 4) is 6.07 Å². The number of nitrogens with zero attached hydrogens (tertiary/aromatic N) is 1. The summed E-state index contributed by atoms with van der Waals surface area (Å²) in [6, 6.07) is 3.52. The molecule has 0 saturated heterocycles. The number of halogens is 2. The van der Waals surface area contributed by atoms with Crippen LogP contribution in [0.5, 0.6) is 0 Å². The number of ether oxygens (including phenoxy) is 1. The predicted molar refractivity (Wildman–Crippen MR) is 57.5 cm³/mol. The molecule has 0 fully saturated rings. The number of carbonyl (C=O) groups is 2. The molecule has 0 bridgehead atoms. The largest absolute Gasteiger partial charge is 0.462 e. The zero-order valence-corrected chi connectivity index (χ0v) is 9.44. The molecular formula is C12H9F2NO3. The van der Waals surface area contributed by atoms with Gasteiger partial charge in [0.25, 0.3) is 6.43 Å². The summed E-state index contributed by atoms with van der Waals surface area (Å²) in [6.45, 7) is 1.65. The van der Waals surface area contributed by atoms with E-state index in [0.29, 0.717) is 0 Å². The number of benzene rings is 1. The van der Waals surface area contributed by atoms with E-state index in [1.54, 1.807) is 6.92 Å². The Bertz CT molecular complexity index is 521. The summed E-state index contributed by atoms with van der Waals surface area (Å²) in [5, 5.41) is 8.82. The van der Waals surface area contributed by atoms with Crippen molar-refractivity contribution >= 4 is 12.3 Å². The summed E-state index contributed by atoms with van der Waals surface area (Å²) in [6.07, 6.45) is -2.69. The van der Waals surface area contributed by atoms with Crippen LogP contribution >= 0.6 is 0 Å². The minimum Gasteiger partial charge on any atom is -0.462 e. The van der Waals surface area contributed by atoms with E-state index in [1.807, 2.05) is 0 Å². The maximum atomic E-state index is 12.6. The average Bonchev–Trinajstić information content (AvgIpc) is 2.36. The van der Waals surface area contributed by atoms with Gasteiger partial charge in [0.15, 0.2) is 6.29 Å². The first-order valence-electron chi connectivity index (χ1n) is 5.04. The first kappa shape index (κ1) is 13.8. The summed E-state index contributed by atoms with van der Waals surface area (Å²) < 4.78 is 29.9. The van der Waals surface area contributed by atoms with Crippen LogP contribution in [0.4, 0.5) is 8.78 Å². The van der Waals surface area contributed by atoms with Crippen molar-refractivity contribution in [3.05, 3.63) is 34.4 Å². The van der Waals surface area contributed by atoms with Crippen LogP contribution in [0, 0.1) is 11.3 Å². The average molecular weight is 253 g/mol. The molecule has 0 N–H and O–H groups in total. The van der Waals surface area contributed by atoms with E-state index in [-0.39, 0.29) is 24.0 Å². The van der Waals surface area contributed by atoms with Crippen molar-refractivity contribution in [3.63, 3.8) is 0 Å². The minimum absolute atomic E-state index is 0.0790. The summed E-state index contributed by atoms with van der Waals surface area (Å²) in [7, 11) is 0. The number of carbonyl (C=O) groups excluding carboxylic acids is 2. The van der Waals surface area contributed by atoms with Crippen LogP contribution in [0.15, 0.2) is 12.1 Å². The van der Waals surface area contributed by atoms with Crippen molar-refractivity contribution in [1.82, 2.24) is 0 Å². The minimum atomic E-state index is -2.89. The quantitative estimate of drug-likeness (QED) is 0.610. The van der Waals surface area contributed by atoms with E-state index in [2.05, 4.69) is 4.74 Å². The molecule has 0 aromatic heterocycles. The maximum absolute atomic E-state index is 12.6. The van der Waals surface area contributed by atoms with Gasteiger partial charge in [0.05, 0.1) is 17.7 Å². The highest BCUT2D eigenvalue weighted by atomic mass is 19.3. The predicted octanol–water partition coefficient (Wildman–Crippen LogP) is 2.49. The fraction of sp³-hybridized carbons (Fsp3) is 0.250. The van der Waals surface area contributed by atoms with Crippen LogP contribution in [0.25, 0.3) is 0 Å². The standard InChI is InChI=1S/C12H9F2NO3/c1-2-18-12(17)8-4-3-7(11(13)14)9(5-15)10(8)6-16/h3-4,6,11H,2H2,1H3. The third-order valence-corrected chi connectivity index (χ3v) is 2.24. The molecule has 6 heteroatoms. The van der Waals surface area contributed by atoms with Crippen LogP contribution in [0.1, 0.15) is 45.2 Å². The molecule has 0 amide bonds. The topological polar surface area (TPSA) is 67.2 Å². The van der Waals surface area contributed by atoms with E-state index in [0.717, 1.165) is 12.1 Å². The number of aldehydes is 1. The molecular weight excluding hydrogens is 244 g/mol. The van der Waals surface area contributed by atoms with Gasteiger partial charge in [-0.2, -0.15) is 5.26 Å². The van der Waals surface area contributed by atoms with Crippen molar-refractivity contribution < 1.29 is 23.1 Å². The van der Waals surface area contributed by atoms with Gasteiger partial charge in [-0.05, 0) is 13.0 Å². The number of hydrogen-bond donors (Lipinski definition) is 0. The van der Waals surface area contributed by atoms with Gasteiger partial charge in [-0.25, -0.2) is 13.6 Å². The molecule has 0 saturated carbocycles. The molecule has 18 heavy (non-hydrogen) atoms. The van der Waals surface area contributed by atoms with Gasteiger partial charge in [0.2, 0.25) is 0 Å². The van der Waals surface area contributed by atoms with Gasteiger partial charge in [0.1, 0.15) is 6.07 Å². The summed E-state index contributed by atoms with van der Waals surface area (Å²) in [5.41, 5.74) is -1.63. The van der Waals surface area contributed by atoms with Gasteiger partial charge >= 0.3 is 5.97 Å². The van der Waals surface area contributed by atoms with E-state index < -0.39 is 23.5 Å². The third-order valence-electron chi connectivity index (χ3n) is 2.24. The Balaban J connectivity index is 3.45. The van der Waals surface area contributed by atoms with Gasteiger partial charge in [-0.15, -0.1) is 0 Å². The molecule has 94 valence electrons. The van der Waals surface area contributed by atoms with Gasteiger partial charge in [-0.3, -0.25) is 4.79 Å². The van der Waals surface area contributed by atoms with E-state index in [1.165, 1.54) is 6.07 Å². The van der Waals surface area contributed by atoms with Crippen LogP contribution < -0.4 is 0 Å². The molecule has 0 unspecified atom stereocenters. The number of rotatable bonds is 4. The number of alkyl halides is 2. The number of hydrogen-bond acceptors (Lipinski definition) is 4. The lowest BCUT2D eigenvalue weighted by atomic mass is 9.97. The van der Waals surface area contributed by atoms with E-state index in [9.17, 15) is 18.4 Å². The second kappa shape index (κ2) is 5.87. The van der Waals surface area contributed by atoms with Crippen LogP contribution in [-0.4, -0.2) is 18.9 Å². The molecule has 1 aromatic rings. The normalized spacial score (nSPS) is 9.94. The lowest BCUT2D eigenvalue weighted by molar-refractivity contribution is 0.0523. The second-order valence-corrected chi connectivity index (χ2v) is 3.24. The first-order chi connectivity index (χ1) is 8.56. The first-order valence-corrected chi connectivity index (χ1v) is 5.04. The van der Waals surface area contributed by atoms with E-state index >= 15 is 0 Å². The molecule has 0 radical (unpaired) electrons. The van der Waals surface area contributed by atoms with E-state index in [4.69, 9.17) is 5.26 Å². The molecule has 1 aromatic carbocycles. The molecule has 0 aliphatic rings.